The molecule has 0 spiro atoms. The van der Waals surface area contributed by atoms with Gasteiger partial charge in [0.15, 0.2) is 0 Å². The molecule has 2 aromatic rings. The Morgan fingerprint density at radius 1 is 1.21 bits per heavy atom. The fourth-order valence-corrected chi connectivity index (χ4v) is 4.16. The first-order valence-corrected chi connectivity index (χ1v) is 9.01. The van der Waals surface area contributed by atoms with Gasteiger partial charge in [0.1, 0.15) is 6.29 Å². The Morgan fingerprint density at radius 3 is 2.54 bits per heavy atom. The van der Waals surface area contributed by atoms with Crippen molar-refractivity contribution < 1.29 is 4.79 Å². The molecule has 0 saturated carbocycles. The highest BCUT2D eigenvalue weighted by molar-refractivity contribution is 6.30. The maximum Gasteiger partial charge on any atom is 0.129 e. The van der Waals surface area contributed by atoms with Crippen LogP contribution in [0.1, 0.15) is 42.1 Å². The molecule has 0 bridgehead atoms. The smallest absolute Gasteiger partial charge is 0.129 e. The summed E-state index contributed by atoms with van der Waals surface area (Å²) in [5.41, 5.74) is 4.53. The standard InChI is InChI=1S/C20H25ClN2O/c1-14-12-18(19(13-24)20-6-4-5-11-22(20)3)15(2)23(14)17-9-7-16(21)8-10-17/h7-10,12-13,19-20H,4-6,11H2,1-3H3. The highest BCUT2D eigenvalue weighted by Crippen LogP contribution is 2.33. The predicted octanol–water partition coefficient (Wildman–Crippen LogP) is 4.51. The molecule has 4 heteroatoms. The summed E-state index contributed by atoms with van der Waals surface area (Å²) in [6.07, 6.45) is 4.66. The Labute approximate surface area is 149 Å². The Kier molecular flexibility index (Phi) is 5.12. The molecule has 0 N–H and O–H groups in total. The molecule has 1 aliphatic heterocycles. The summed E-state index contributed by atoms with van der Waals surface area (Å²) >= 11 is 6.01. The summed E-state index contributed by atoms with van der Waals surface area (Å²) in [7, 11) is 2.14. The van der Waals surface area contributed by atoms with Gasteiger partial charge in [-0.2, -0.15) is 0 Å². The lowest BCUT2D eigenvalue weighted by molar-refractivity contribution is -0.110. The number of likely N-dealkylation sites (N-methyl/N-ethyl adjacent to an activating group) is 1. The number of hydrogen-bond donors (Lipinski definition) is 0. The van der Waals surface area contributed by atoms with Crippen LogP contribution >= 0.6 is 11.6 Å². The van der Waals surface area contributed by atoms with E-state index >= 15 is 0 Å². The zero-order chi connectivity index (χ0) is 17.3. The summed E-state index contributed by atoms with van der Waals surface area (Å²) in [5, 5.41) is 0.732. The number of carbonyl (C=O) groups is 1. The van der Waals surface area contributed by atoms with Gasteiger partial charge in [-0.05, 0) is 76.2 Å². The Hall–Kier alpha value is -1.58. The number of hydrogen-bond acceptors (Lipinski definition) is 2. The van der Waals surface area contributed by atoms with E-state index in [0.29, 0.717) is 6.04 Å². The molecule has 2 heterocycles. The van der Waals surface area contributed by atoms with Gasteiger partial charge >= 0.3 is 0 Å². The van der Waals surface area contributed by atoms with Gasteiger partial charge in [-0.15, -0.1) is 0 Å². The highest BCUT2D eigenvalue weighted by Gasteiger charge is 2.31. The minimum atomic E-state index is -0.0671. The number of rotatable bonds is 4. The van der Waals surface area contributed by atoms with E-state index < -0.39 is 0 Å². The Morgan fingerprint density at radius 2 is 1.92 bits per heavy atom. The lowest BCUT2D eigenvalue weighted by Gasteiger charge is -2.36. The third-order valence-corrected chi connectivity index (χ3v) is 5.55. The molecule has 0 radical (unpaired) electrons. The molecule has 1 fully saturated rings. The molecule has 0 amide bonds. The molecule has 1 aliphatic rings. The van der Waals surface area contributed by atoms with Crippen molar-refractivity contribution in [2.45, 2.75) is 45.1 Å². The first-order valence-electron chi connectivity index (χ1n) is 8.63. The molecule has 128 valence electrons. The largest absolute Gasteiger partial charge is 0.318 e. The van der Waals surface area contributed by atoms with Crippen molar-refractivity contribution >= 4 is 17.9 Å². The summed E-state index contributed by atoms with van der Waals surface area (Å²) < 4.78 is 2.21. The molecule has 3 rings (SSSR count). The predicted molar refractivity (Wildman–Crippen MR) is 99.3 cm³/mol. The maximum absolute atomic E-state index is 12.0. The molecular weight excluding hydrogens is 320 g/mol. The van der Waals surface area contributed by atoms with Gasteiger partial charge in [-0.3, -0.25) is 0 Å². The normalized spacial score (nSPS) is 20.1. The second kappa shape index (κ2) is 7.12. The number of likely N-dealkylation sites (tertiary alicyclic amines) is 1. The van der Waals surface area contributed by atoms with Crippen molar-refractivity contribution in [1.29, 1.82) is 0 Å². The summed E-state index contributed by atoms with van der Waals surface area (Å²) in [6.45, 7) is 5.28. The Bertz CT molecular complexity index is 720. The number of piperidine rings is 1. The SMILES string of the molecule is Cc1cc(C(C=O)C2CCCCN2C)c(C)n1-c1ccc(Cl)cc1. The van der Waals surface area contributed by atoms with Crippen LogP contribution in [0.5, 0.6) is 0 Å². The zero-order valence-corrected chi connectivity index (χ0v) is 15.4. The monoisotopic (exact) mass is 344 g/mol. The quantitative estimate of drug-likeness (QED) is 0.762. The van der Waals surface area contributed by atoms with Gasteiger partial charge in [0.05, 0.1) is 5.92 Å². The molecule has 0 aliphatic carbocycles. The number of carbonyl (C=O) groups excluding carboxylic acids is 1. The van der Waals surface area contributed by atoms with Crippen molar-refractivity contribution in [1.82, 2.24) is 9.47 Å². The lowest BCUT2D eigenvalue weighted by Crippen LogP contribution is -2.41. The van der Waals surface area contributed by atoms with Crippen molar-refractivity contribution in [3.63, 3.8) is 0 Å². The molecule has 2 atom stereocenters. The minimum Gasteiger partial charge on any atom is -0.318 e. The van der Waals surface area contributed by atoms with E-state index in [2.05, 4.69) is 36.4 Å². The molecule has 1 saturated heterocycles. The van der Waals surface area contributed by atoms with Gasteiger partial charge in [-0.1, -0.05) is 18.0 Å². The molecule has 2 unspecified atom stereocenters. The summed E-state index contributed by atoms with van der Waals surface area (Å²) in [4.78, 5) is 14.3. The topological polar surface area (TPSA) is 25.2 Å². The number of aromatic nitrogens is 1. The molecule has 24 heavy (non-hydrogen) atoms. The van der Waals surface area contributed by atoms with Crippen LogP contribution in [0.4, 0.5) is 0 Å². The van der Waals surface area contributed by atoms with E-state index in [9.17, 15) is 4.79 Å². The van der Waals surface area contributed by atoms with E-state index in [1.165, 1.54) is 12.8 Å². The van der Waals surface area contributed by atoms with E-state index in [4.69, 9.17) is 11.6 Å². The van der Waals surface area contributed by atoms with Crippen LogP contribution in [-0.2, 0) is 4.79 Å². The van der Waals surface area contributed by atoms with Crippen molar-refractivity contribution in [2.75, 3.05) is 13.6 Å². The number of halogens is 1. The van der Waals surface area contributed by atoms with Crippen molar-refractivity contribution in [3.05, 3.63) is 52.3 Å². The molecular formula is C20H25ClN2O. The first-order chi connectivity index (χ1) is 11.5. The number of nitrogens with zero attached hydrogens (tertiary/aromatic N) is 2. The maximum atomic E-state index is 12.0. The average molecular weight is 345 g/mol. The zero-order valence-electron chi connectivity index (χ0n) is 14.6. The second-order valence-electron chi connectivity index (χ2n) is 6.84. The lowest BCUT2D eigenvalue weighted by atomic mass is 9.86. The van der Waals surface area contributed by atoms with Crippen LogP contribution in [0.15, 0.2) is 30.3 Å². The average Bonchev–Trinajstić information content (AvgIpc) is 2.86. The van der Waals surface area contributed by atoms with Crippen LogP contribution in [0.2, 0.25) is 5.02 Å². The van der Waals surface area contributed by atoms with E-state index in [1.807, 2.05) is 24.3 Å². The first kappa shape index (κ1) is 17.2. The molecule has 1 aromatic carbocycles. The Balaban J connectivity index is 2.00. The van der Waals surface area contributed by atoms with E-state index in [1.54, 1.807) is 0 Å². The van der Waals surface area contributed by atoms with Gasteiger partial charge in [-0.25, -0.2) is 0 Å². The van der Waals surface area contributed by atoms with Crippen LogP contribution in [-0.4, -0.2) is 35.4 Å². The van der Waals surface area contributed by atoms with Gasteiger partial charge in [0, 0.05) is 28.1 Å². The second-order valence-corrected chi connectivity index (χ2v) is 7.28. The van der Waals surface area contributed by atoms with Gasteiger partial charge in [0.25, 0.3) is 0 Å². The fourth-order valence-electron chi connectivity index (χ4n) is 4.04. The summed E-state index contributed by atoms with van der Waals surface area (Å²) in [6, 6.07) is 10.3. The van der Waals surface area contributed by atoms with Crippen molar-refractivity contribution in [3.8, 4) is 5.69 Å². The van der Waals surface area contributed by atoms with Crippen LogP contribution < -0.4 is 0 Å². The van der Waals surface area contributed by atoms with Crippen LogP contribution in [0.25, 0.3) is 5.69 Å². The third kappa shape index (κ3) is 3.15. The number of aryl methyl sites for hydroxylation is 1. The van der Waals surface area contributed by atoms with Crippen molar-refractivity contribution in [2.24, 2.45) is 0 Å². The minimum absolute atomic E-state index is 0.0671. The molecule has 1 aromatic heterocycles. The number of benzene rings is 1. The fraction of sp³-hybridized carbons (Fsp3) is 0.450. The third-order valence-electron chi connectivity index (χ3n) is 5.30. The number of aldehydes is 1. The van der Waals surface area contributed by atoms with E-state index in [0.717, 1.165) is 46.9 Å². The van der Waals surface area contributed by atoms with Crippen LogP contribution in [0, 0.1) is 13.8 Å². The van der Waals surface area contributed by atoms with Gasteiger partial charge < -0.3 is 14.3 Å². The van der Waals surface area contributed by atoms with Crippen LogP contribution in [0.3, 0.4) is 0 Å². The van der Waals surface area contributed by atoms with E-state index in [-0.39, 0.29) is 5.92 Å². The highest BCUT2D eigenvalue weighted by atomic mass is 35.5. The van der Waals surface area contributed by atoms with Gasteiger partial charge in [0.2, 0.25) is 0 Å². The summed E-state index contributed by atoms with van der Waals surface area (Å²) in [5.74, 6) is -0.0671. The molecule has 3 nitrogen and oxygen atoms in total.